The molecule has 0 saturated heterocycles. The molecule has 0 bridgehead atoms. The Labute approximate surface area is 102 Å². The van der Waals surface area contributed by atoms with Crippen LogP contribution in [0.3, 0.4) is 0 Å². The van der Waals surface area contributed by atoms with Crippen LogP contribution in [-0.4, -0.2) is 27.3 Å². The first-order valence-electron chi connectivity index (χ1n) is 5.90. The number of rotatable bonds is 4. The van der Waals surface area contributed by atoms with E-state index in [0.717, 1.165) is 5.69 Å². The Morgan fingerprint density at radius 2 is 2.24 bits per heavy atom. The Kier molecular flexibility index (Phi) is 3.93. The summed E-state index contributed by atoms with van der Waals surface area (Å²) < 4.78 is 1.70. The molecule has 1 unspecified atom stereocenters. The molecule has 0 spiro atoms. The Balaban J connectivity index is 2.90. The molecule has 96 valence electrons. The number of nitrogens with zero attached hydrogens (tertiary/aromatic N) is 2. The Morgan fingerprint density at radius 1 is 1.65 bits per heavy atom. The number of hydrogen-bond acceptors (Lipinski definition) is 3. The van der Waals surface area contributed by atoms with Crippen molar-refractivity contribution < 1.29 is 4.79 Å². The van der Waals surface area contributed by atoms with Crippen LogP contribution in [-0.2, 0) is 6.54 Å². The van der Waals surface area contributed by atoms with Crippen LogP contribution >= 0.6 is 0 Å². The van der Waals surface area contributed by atoms with Crippen molar-refractivity contribution in [2.45, 2.75) is 52.7 Å². The molecule has 1 amide bonds. The largest absolute Gasteiger partial charge is 0.344 e. The van der Waals surface area contributed by atoms with E-state index >= 15 is 0 Å². The highest BCUT2D eigenvalue weighted by atomic mass is 16.2. The van der Waals surface area contributed by atoms with Gasteiger partial charge in [-0.2, -0.15) is 5.10 Å². The summed E-state index contributed by atoms with van der Waals surface area (Å²) in [7, 11) is 0. The minimum atomic E-state index is -0.437. The van der Waals surface area contributed by atoms with Crippen LogP contribution in [0.5, 0.6) is 0 Å². The van der Waals surface area contributed by atoms with Crippen molar-refractivity contribution in [2.75, 3.05) is 0 Å². The normalized spacial score (nSPS) is 13.5. The average molecular weight is 238 g/mol. The fourth-order valence-electron chi connectivity index (χ4n) is 1.44. The van der Waals surface area contributed by atoms with Gasteiger partial charge < -0.3 is 11.1 Å². The molecular formula is C12H22N4O. The second-order valence-corrected chi connectivity index (χ2v) is 4.95. The molecular weight excluding hydrogens is 216 g/mol. The minimum absolute atomic E-state index is 0.120. The lowest BCUT2D eigenvalue weighted by Crippen LogP contribution is -2.54. The molecule has 5 nitrogen and oxygen atoms in total. The molecule has 0 saturated carbocycles. The molecule has 17 heavy (non-hydrogen) atoms. The number of hydrogen-bond donors (Lipinski definition) is 2. The van der Waals surface area contributed by atoms with E-state index in [1.165, 1.54) is 0 Å². The monoisotopic (exact) mass is 238 g/mol. The molecule has 1 aromatic rings. The first-order chi connectivity index (χ1) is 7.77. The summed E-state index contributed by atoms with van der Waals surface area (Å²) in [5.74, 6) is -0.130. The quantitative estimate of drug-likeness (QED) is 0.824. The Bertz CT molecular complexity index is 407. The molecule has 0 aliphatic carbocycles. The van der Waals surface area contributed by atoms with Crippen LogP contribution in [0, 0.1) is 6.92 Å². The van der Waals surface area contributed by atoms with Gasteiger partial charge in [-0.05, 0) is 40.7 Å². The lowest BCUT2D eigenvalue weighted by atomic mass is 9.97. The number of amides is 1. The van der Waals surface area contributed by atoms with Crippen LogP contribution in [0.2, 0.25) is 0 Å². The molecule has 0 fully saturated rings. The topological polar surface area (TPSA) is 72.9 Å². The molecule has 0 aliphatic heterocycles. The third kappa shape index (κ3) is 3.06. The summed E-state index contributed by atoms with van der Waals surface area (Å²) in [5.41, 5.74) is 6.82. The van der Waals surface area contributed by atoms with E-state index in [4.69, 9.17) is 5.73 Å². The van der Waals surface area contributed by atoms with Gasteiger partial charge in [0.15, 0.2) is 0 Å². The standard InChI is InChI=1S/C12H22N4O/c1-6-16-10(7-8(2)15-16)11(17)14-12(4,5)9(3)13/h7,9H,6,13H2,1-5H3,(H,14,17). The molecule has 3 N–H and O–H groups in total. The third-order valence-corrected chi connectivity index (χ3v) is 3.01. The van der Waals surface area contributed by atoms with E-state index < -0.39 is 5.54 Å². The summed E-state index contributed by atoms with van der Waals surface area (Å²) in [6, 6.07) is 1.67. The zero-order valence-electron chi connectivity index (χ0n) is 11.2. The lowest BCUT2D eigenvalue weighted by Gasteiger charge is -2.30. The molecule has 1 aromatic heterocycles. The number of nitrogens with two attached hydrogens (primary N) is 1. The highest BCUT2D eigenvalue weighted by molar-refractivity contribution is 5.93. The lowest BCUT2D eigenvalue weighted by molar-refractivity contribution is 0.0892. The van der Waals surface area contributed by atoms with Crippen molar-refractivity contribution >= 4 is 5.91 Å². The van der Waals surface area contributed by atoms with Crippen LogP contribution in [0.25, 0.3) is 0 Å². The molecule has 1 heterocycles. The summed E-state index contributed by atoms with van der Waals surface area (Å²) in [6.45, 7) is 10.2. The first kappa shape index (κ1) is 13.7. The maximum atomic E-state index is 12.1. The van der Waals surface area contributed by atoms with Gasteiger partial charge in [0, 0.05) is 18.1 Å². The number of carbonyl (C=O) groups excluding carboxylic acids is 1. The van der Waals surface area contributed by atoms with Gasteiger partial charge in [-0.3, -0.25) is 9.48 Å². The summed E-state index contributed by atoms with van der Waals surface area (Å²) in [6.07, 6.45) is 0. The second kappa shape index (κ2) is 4.87. The zero-order valence-corrected chi connectivity index (χ0v) is 11.2. The highest BCUT2D eigenvalue weighted by Gasteiger charge is 2.26. The predicted octanol–water partition coefficient (Wildman–Crippen LogP) is 1.07. The van der Waals surface area contributed by atoms with Gasteiger partial charge in [0.05, 0.1) is 5.69 Å². The molecule has 1 rings (SSSR count). The molecule has 0 aromatic carbocycles. The van der Waals surface area contributed by atoms with E-state index in [-0.39, 0.29) is 11.9 Å². The van der Waals surface area contributed by atoms with Crippen molar-refractivity contribution in [3.63, 3.8) is 0 Å². The van der Waals surface area contributed by atoms with Crippen molar-refractivity contribution in [3.05, 3.63) is 17.5 Å². The van der Waals surface area contributed by atoms with Gasteiger partial charge in [0.2, 0.25) is 0 Å². The maximum absolute atomic E-state index is 12.1. The number of aryl methyl sites for hydroxylation is 2. The summed E-state index contributed by atoms with van der Waals surface area (Å²) in [4.78, 5) is 12.1. The third-order valence-electron chi connectivity index (χ3n) is 3.01. The predicted molar refractivity (Wildman–Crippen MR) is 67.8 cm³/mol. The molecule has 0 aliphatic rings. The van der Waals surface area contributed by atoms with Crippen molar-refractivity contribution in [1.82, 2.24) is 15.1 Å². The van der Waals surface area contributed by atoms with Crippen LogP contribution in [0.1, 0.15) is 43.9 Å². The Hall–Kier alpha value is -1.36. The minimum Gasteiger partial charge on any atom is -0.344 e. The first-order valence-corrected chi connectivity index (χ1v) is 5.90. The average Bonchev–Trinajstić information content (AvgIpc) is 2.58. The zero-order chi connectivity index (χ0) is 13.2. The van der Waals surface area contributed by atoms with Crippen molar-refractivity contribution in [2.24, 2.45) is 5.73 Å². The molecule has 5 heteroatoms. The maximum Gasteiger partial charge on any atom is 0.270 e. The van der Waals surface area contributed by atoms with Crippen LogP contribution in [0.4, 0.5) is 0 Å². The van der Waals surface area contributed by atoms with E-state index in [1.54, 1.807) is 10.7 Å². The van der Waals surface area contributed by atoms with E-state index in [1.807, 2.05) is 34.6 Å². The Morgan fingerprint density at radius 3 is 2.71 bits per heavy atom. The van der Waals surface area contributed by atoms with Gasteiger partial charge >= 0.3 is 0 Å². The van der Waals surface area contributed by atoms with Crippen molar-refractivity contribution in [3.8, 4) is 0 Å². The van der Waals surface area contributed by atoms with Gasteiger partial charge in [-0.15, -0.1) is 0 Å². The van der Waals surface area contributed by atoms with Gasteiger partial charge in [0.1, 0.15) is 5.69 Å². The van der Waals surface area contributed by atoms with Crippen LogP contribution < -0.4 is 11.1 Å². The fourth-order valence-corrected chi connectivity index (χ4v) is 1.44. The molecule has 0 radical (unpaired) electrons. The van der Waals surface area contributed by atoms with E-state index in [0.29, 0.717) is 12.2 Å². The van der Waals surface area contributed by atoms with Crippen LogP contribution in [0.15, 0.2) is 6.07 Å². The van der Waals surface area contributed by atoms with Gasteiger partial charge in [0.25, 0.3) is 5.91 Å². The van der Waals surface area contributed by atoms with Gasteiger partial charge in [-0.1, -0.05) is 0 Å². The number of carbonyl (C=O) groups is 1. The number of aromatic nitrogens is 2. The highest BCUT2D eigenvalue weighted by Crippen LogP contribution is 2.10. The fraction of sp³-hybridized carbons (Fsp3) is 0.667. The number of nitrogens with one attached hydrogen (secondary N) is 1. The molecule has 1 atom stereocenters. The van der Waals surface area contributed by atoms with Gasteiger partial charge in [-0.25, -0.2) is 0 Å². The van der Waals surface area contributed by atoms with E-state index in [9.17, 15) is 4.79 Å². The van der Waals surface area contributed by atoms with E-state index in [2.05, 4.69) is 10.4 Å². The van der Waals surface area contributed by atoms with Crippen molar-refractivity contribution in [1.29, 1.82) is 0 Å². The SMILES string of the molecule is CCn1nc(C)cc1C(=O)NC(C)(C)C(C)N. The smallest absolute Gasteiger partial charge is 0.270 e. The summed E-state index contributed by atoms with van der Waals surface area (Å²) >= 11 is 0. The summed E-state index contributed by atoms with van der Waals surface area (Å²) in [5, 5.41) is 7.18. The second-order valence-electron chi connectivity index (χ2n) is 4.95.